The van der Waals surface area contributed by atoms with Gasteiger partial charge in [-0.25, -0.2) is 13.1 Å². The van der Waals surface area contributed by atoms with Crippen LogP contribution in [0.3, 0.4) is 0 Å². The van der Waals surface area contributed by atoms with Crippen LogP contribution in [0.2, 0.25) is 0 Å². The third-order valence-electron chi connectivity index (χ3n) is 4.62. The standard InChI is InChI=1S/C22H21F3N2O2S/c23-22(24,25)19-13-7-8-16(14-19)15-30(28,29)27-21(18-11-5-2-6-12-18)20(26)17-9-3-1-4-10-17/h1-14,20-21,27H,15,26H2. The molecule has 158 valence electrons. The van der Waals surface area contributed by atoms with E-state index in [0.717, 1.165) is 17.7 Å². The molecule has 3 rings (SSSR count). The van der Waals surface area contributed by atoms with E-state index in [1.54, 1.807) is 54.6 Å². The van der Waals surface area contributed by atoms with E-state index in [9.17, 15) is 21.6 Å². The van der Waals surface area contributed by atoms with Gasteiger partial charge in [0.1, 0.15) is 0 Å². The molecule has 30 heavy (non-hydrogen) atoms. The minimum Gasteiger partial charge on any atom is -0.322 e. The zero-order valence-corrected chi connectivity index (χ0v) is 16.7. The Hall–Kier alpha value is -2.68. The molecule has 8 heteroatoms. The fourth-order valence-electron chi connectivity index (χ4n) is 3.17. The van der Waals surface area contributed by atoms with E-state index in [-0.39, 0.29) is 5.56 Å². The average Bonchev–Trinajstić information content (AvgIpc) is 2.72. The van der Waals surface area contributed by atoms with E-state index >= 15 is 0 Å². The predicted octanol–water partition coefficient (Wildman–Crippen LogP) is 4.57. The zero-order valence-electron chi connectivity index (χ0n) is 15.9. The van der Waals surface area contributed by atoms with Crippen molar-refractivity contribution >= 4 is 10.0 Å². The lowest BCUT2D eigenvalue weighted by Crippen LogP contribution is -2.36. The Kier molecular flexibility index (Phi) is 6.60. The van der Waals surface area contributed by atoms with Crippen LogP contribution in [-0.4, -0.2) is 8.42 Å². The second-order valence-corrected chi connectivity index (χ2v) is 8.65. The maximum atomic E-state index is 12.9. The molecule has 2 unspecified atom stereocenters. The fraction of sp³-hybridized carbons (Fsp3) is 0.182. The van der Waals surface area contributed by atoms with Crippen molar-refractivity contribution < 1.29 is 21.6 Å². The Morgan fingerprint density at radius 1 is 0.833 bits per heavy atom. The Morgan fingerprint density at radius 3 is 1.97 bits per heavy atom. The van der Waals surface area contributed by atoms with Gasteiger partial charge in [-0.05, 0) is 22.8 Å². The number of nitrogens with two attached hydrogens (primary N) is 1. The molecule has 0 spiro atoms. The summed E-state index contributed by atoms with van der Waals surface area (Å²) in [5.41, 5.74) is 6.91. The summed E-state index contributed by atoms with van der Waals surface area (Å²) in [6.07, 6.45) is -4.55. The SMILES string of the molecule is NC(c1ccccc1)C(NS(=O)(=O)Cc1cccc(C(F)(F)F)c1)c1ccccc1. The van der Waals surface area contributed by atoms with Gasteiger partial charge in [-0.15, -0.1) is 0 Å². The van der Waals surface area contributed by atoms with Gasteiger partial charge in [-0.3, -0.25) is 0 Å². The molecule has 4 nitrogen and oxygen atoms in total. The molecule has 3 N–H and O–H groups in total. The molecule has 0 saturated heterocycles. The smallest absolute Gasteiger partial charge is 0.322 e. The van der Waals surface area contributed by atoms with E-state index < -0.39 is 39.6 Å². The summed E-state index contributed by atoms with van der Waals surface area (Å²) < 4.78 is 67.1. The molecule has 0 fully saturated rings. The van der Waals surface area contributed by atoms with Crippen LogP contribution in [-0.2, 0) is 22.0 Å². The number of hydrogen-bond donors (Lipinski definition) is 2. The second-order valence-electron chi connectivity index (χ2n) is 6.90. The molecule has 0 aliphatic carbocycles. The minimum absolute atomic E-state index is 0.0393. The summed E-state index contributed by atoms with van der Waals surface area (Å²) in [7, 11) is -3.99. The van der Waals surface area contributed by atoms with E-state index in [1.165, 1.54) is 12.1 Å². The van der Waals surface area contributed by atoms with Gasteiger partial charge in [0.15, 0.2) is 0 Å². The zero-order chi connectivity index (χ0) is 21.8. The number of benzene rings is 3. The Balaban J connectivity index is 1.88. The van der Waals surface area contributed by atoms with Crippen LogP contribution in [0.4, 0.5) is 13.2 Å². The monoisotopic (exact) mass is 434 g/mol. The van der Waals surface area contributed by atoms with E-state index in [4.69, 9.17) is 5.73 Å². The lowest BCUT2D eigenvalue weighted by molar-refractivity contribution is -0.137. The molecule has 0 aromatic heterocycles. The number of nitrogens with one attached hydrogen (secondary N) is 1. The van der Waals surface area contributed by atoms with Crippen molar-refractivity contribution in [1.82, 2.24) is 4.72 Å². The molecular formula is C22H21F3N2O2S. The fourth-order valence-corrected chi connectivity index (χ4v) is 4.54. The number of alkyl halides is 3. The van der Waals surface area contributed by atoms with Gasteiger partial charge in [0.2, 0.25) is 10.0 Å². The maximum Gasteiger partial charge on any atom is 0.416 e. The number of hydrogen-bond acceptors (Lipinski definition) is 3. The molecule has 2 atom stereocenters. The minimum atomic E-state index is -4.55. The van der Waals surface area contributed by atoms with Crippen LogP contribution >= 0.6 is 0 Å². The molecule has 3 aromatic carbocycles. The molecule has 0 aliphatic rings. The first-order valence-electron chi connectivity index (χ1n) is 9.17. The van der Waals surface area contributed by atoms with Gasteiger partial charge in [-0.2, -0.15) is 13.2 Å². The summed E-state index contributed by atoms with van der Waals surface area (Å²) >= 11 is 0. The summed E-state index contributed by atoms with van der Waals surface area (Å²) in [5, 5.41) is 0. The molecule has 0 radical (unpaired) electrons. The molecular weight excluding hydrogens is 413 g/mol. The first kappa shape index (κ1) is 22.0. The predicted molar refractivity (Wildman–Crippen MR) is 110 cm³/mol. The highest BCUT2D eigenvalue weighted by atomic mass is 32.2. The highest BCUT2D eigenvalue weighted by molar-refractivity contribution is 7.88. The molecule has 0 heterocycles. The van der Waals surface area contributed by atoms with Gasteiger partial charge in [0, 0.05) is 0 Å². The second kappa shape index (κ2) is 8.99. The van der Waals surface area contributed by atoms with Gasteiger partial charge < -0.3 is 5.73 Å². The van der Waals surface area contributed by atoms with Crippen LogP contribution in [0.15, 0.2) is 84.9 Å². The van der Waals surface area contributed by atoms with E-state index in [0.29, 0.717) is 5.56 Å². The van der Waals surface area contributed by atoms with Crippen molar-refractivity contribution in [3.8, 4) is 0 Å². The molecule has 0 saturated carbocycles. The number of rotatable bonds is 7. The maximum absolute atomic E-state index is 12.9. The van der Waals surface area contributed by atoms with Gasteiger partial charge in [0.05, 0.1) is 23.4 Å². The van der Waals surface area contributed by atoms with Crippen molar-refractivity contribution in [1.29, 1.82) is 0 Å². The largest absolute Gasteiger partial charge is 0.416 e. The Morgan fingerprint density at radius 2 is 1.40 bits per heavy atom. The van der Waals surface area contributed by atoms with Crippen molar-refractivity contribution in [3.63, 3.8) is 0 Å². The van der Waals surface area contributed by atoms with Gasteiger partial charge >= 0.3 is 6.18 Å². The normalized spacial score (nSPS) is 14.3. The van der Waals surface area contributed by atoms with Gasteiger partial charge in [0.25, 0.3) is 0 Å². The Bertz CT molecular complexity index is 1070. The average molecular weight is 434 g/mol. The quantitative estimate of drug-likeness (QED) is 0.572. The number of sulfonamides is 1. The summed E-state index contributed by atoms with van der Waals surface area (Å²) in [5.74, 6) is -0.595. The number of halogens is 3. The van der Waals surface area contributed by atoms with Crippen LogP contribution in [0, 0.1) is 0 Å². The summed E-state index contributed by atoms with van der Waals surface area (Å²) in [4.78, 5) is 0. The van der Waals surface area contributed by atoms with Crippen molar-refractivity contribution in [3.05, 3.63) is 107 Å². The highest BCUT2D eigenvalue weighted by Gasteiger charge is 2.31. The topological polar surface area (TPSA) is 72.2 Å². The molecule has 0 aliphatic heterocycles. The van der Waals surface area contributed by atoms with Crippen molar-refractivity contribution in [2.45, 2.75) is 24.0 Å². The van der Waals surface area contributed by atoms with Crippen molar-refractivity contribution in [2.75, 3.05) is 0 Å². The van der Waals surface area contributed by atoms with Crippen LogP contribution in [0.5, 0.6) is 0 Å². The first-order chi connectivity index (χ1) is 14.2. The lowest BCUT2D eigenvalue weighted by Gasteiger charge is -2.26. The highest BCUT2D eigenvalue weighted by Crippen LogP contribution is 2.31. The Labute approximate surface area is 173 Å². The van der Waals surface area contributed by atoms with E-state index in [1.807, 2.05) is 6.07 Å². The summed E-state index contributed by atoms with van der Waals surface area (Å²) in [6, 6.07) is 20.7. The van der Waals surface area contributed by atoms with E-state index in [2.05, 4.69) is 4.72 Å². The van der Waals surface area contributed by atoms with Gasteiger partial charge in [-0.1, -0.05) is 78.9 Å². The molecule has 0 bridgehead atoms. The summed E-state index contributed by atoms with van der Waals surface area (Å²) in [6.45, 7) is 0. The molecule has 3 aromatic rings. The third-order valence-corrected chi connectivity index (χ3v) is 5.95. The lowest BCUT2D eigenvalue weighted by atomic mass is 9.95. The van der Waals surface area contributed by atoms with Crippen LogP contribution < -0.4 is 10.5 Å². The van der Waals surface area contributed by atoms with Crippen molar-refractivity contribution in [2.24, 2.45) is 5.73 Å². The third kappa shape index (κ3) is 5.69. The molecule has 0 amide bonds. The first-order valence-corrected chi connectivity index (χ1v) is 10.8. The van der Waals surface area contributed by atoms with Crippen LogP contribution in [0.1, 0.15) is 34.3 Å². The van der Waals surface area contributed by atoms with Crippen LogP contribution in [0.25, 0.3) is 0 Å².